The van der Waals surface area contributed by atoms with Gasteiger partial charge < -0.3 is 9.13 Å². The summed E-state index contributed by atoms with van der Waals surface area (Å²) in [4.78, 5) is 4.59. The summed E-state index contributed by atoms with van der Waals surface area (Å²) >= 11 is 0. The molecule has 3 heterocycles. The fourth-order valence-electron chi connectivity index (χ4n) is 13.9. The Morgan fingerprint density at radius 3 is 1.43 bits per heavy atom. The van der Waals surface area contributed by atoms with Gasteiger partial charge >= 0.3 is 0 Å². The lowest BCUT2D eigenvalue weighted by molar-refractivity contribution is 0.398. The zero-order valence-electron chi connectivity index (χ0n) is 47.9. The number of hydrogen-bond donors (Lipinski definition) is 0. The van der Waals surface area contributed by atoms with Gasteiger partial charge in [0.15, 0.2) is 0 Å². The first kappa shape index (κ1) is 52.1. The summed E-state index contributed by atoms with van der Waals surface area (Å²) in [5.74, 6) is 0. The predicted molar refractivity (Wildman–Crippen MR) is 346 cm³/mol. The standard InChI is InChI=1S/C78H75N3/c1-5-7-9-11-13-20-43-78(44-21-14-12-10-8-6-2)72-51-61(58-32-30-57(31-33-58)56-28-26-54(3)27-29-56)34-38-66(72)67-39-35-62(52-73(67)78)63-46-55(4)47-65(48-63)81-74-25-19-18-24-68(74)69-49-59(36-40-75(69)81)60-37-41-76-70(50-60)71-53-79-45-42-77(71)80(76)64-22-16-15-17-23-64/h15-19,22-42,45-53H,5-14,20-21,43-44H2,1-4H3. The normalized spacial score (nSPS) is 12.7. The summed E-state index contributed by atoms with van der Waals surface area (Å²) in [5, 5.41) is 4.88. The molecule has 0 spiro atoms. The van der Waals surface area contributed by atoms with Crippen molar-refractivity contribution < 1.29 is 0 Å². The van der Waals surface area contributed by atoms with Crippen LogP contribution in [0.2, 0.25) is 0 Å². The second-order valence-corrected chi connectivity index (χ2v) is 23.5. The molecule has 0 atom stereocenters. The fourth-order valence-corrected chi connectivity index (χ4v) is 13.9. The molecular weight excluding hydrogens is 979 g/mol. The molecule has 0 saturated heterocycles. The zero-order chi connectivity index (χ0) is 54.9. The molecule has 3 heteroatoms. The van der Waals surface area contributed by atoms with Crippen molar-refractivity contribution >= 4 is 43.6 Å². The maximum absolute atomic E-state index is 4.59. The minimum Gasteiger partial charge on any atom is -0.309 e. The van der Waals surface area contributed by atoms with Crippen molar-refractivity contribution in [3.05, 3.63) is 235 Å². The molecule has 0 bridgehead atoms. The van der Waals surface area contributed by atoms with Gasteiger partial charge in [0.25, 0.3) is 0 Å². The maximum Gasteiger partial charge on any atom is 0.0571 e. The molecule has 1 aliphatic carbocycles. The van der Waals surface area contributed by atoms with E-state index in [4.69, 9.17) is 0 Å². The average Bonchev–Trinajstić information content (AvgIpc) is 4.17. The molecule has 13 rings (SSSR count). The van der Waals surface area contributed by atoms with Crippen molar-refractivity contribution in [2.45, 2.75) is 123 Å². The van der Waals surface area contributed by atoms with Gasteiger partial charge in [0.05, 0.1) is 22.1 Å². The van der Waals surface area contributed by atoms with Gasteiger partial charge in [0.1, 0.15) is 0 Å². The highest BCUT2D eigenvalue weighted by Gasteiger charge is 2.43. The van der Waals surface area contributed by atoms with Crippen molar-refractivity contribution in [1.29, 1.82) is 0 Å². The van der Waals surface area contributed by atoms with Gasteiger partial charge in [-0.15, -0.1) is 0 Å². The van der Waals surface area contributed by atoms with Crippen LogP contribution in [0.25, 0.3) is 111 Å². The minimum absolute atomic E-state index is 0.0639. The van der Waals surface area contributed by atoms with Crippen LogP contribution in [0.15, 0.2) is 213 Å². The van der Waals surface area contributed by atoms with Crippen LogP contribution in [0.4, 0.5) is 0 Å². The number of para-hydroxylation sites is 2. The first-order valence-corrected chi connectivity index (χ1v) is 30.5. The van der Waals surface area contributed by atoms with Gasteiger partial charge in [-0.05, 0) is 172 Å². The molecule has 0 radical (unpaired) electrons. The average molecular weight is 1050 g/mol. The van der Waals surface area contributed by atoms with Crippen molar-refractivity contribution in [2.75, 3.05) is 0 Å². The Balaban J connectivity index is 0.890. The monoisotopic (exact) mass is 1050 g/mol. The smallest absolute Gasteiger partial charge is 0.0571 e. The number of aromatic nitrogens is 3. The molecule has 12 aromatic rings. The third-order valence-corrected chi connectivity index (χ3v) is 18.1. The Bertz CT molecular complexity index is 4190. The first-order valence-electron chi connectivity index (χ1n) is 30.5. The number of hydrogen-bond acceptors (Lipinski definition) is 1. The van der Waals surface area contributed by atoms with E-state index in [1.807, 2.05) is 12.4 Å². The van der Waals surface area contributed by atoms with Crippen LogP contribution in [0, 0.1) is 13.8 Å². The van der Waals surface area contributed by atoms with Crippen LogP contribution in [0.3, 0.4) is 0 Å². The van der Waals surface area contributed by atoms with Crippen molar-refractivity contribution in [1.82, 2.24) is 14.1 Å². The van der Waals surface area contributed by atoms with E-state index in [9.17, 15) is 0 Å². The minimum atomic E-state index is -0.0639. The molecule has 0 N–H and O–H groups in total. The summed E-state index contributed by atoms with van der Waals surface area (Å²) < 4.78 is 4.87. The first-order chi connectivity index (χ1) is 39.9. The number of pyridine rings is 1. The molecule has 81 heavy (non-hydrogen) atoms. The number of fused-ring (bicyclic) bond motifs is 9. The van der Waals surface area contributed by atoms with Crippen LogP contribution in [-0.4, -0.2) is 14.1 Å². The van der Waals surface area contributed by atoms with Crippen molar-refractivity contribution in [2.24, 2.45) is 0 Å². The van der Waals surface area contributed by atoms with Crippen LogP contribution < -0.4 is 0 Å². The lowest BCUT2D eigenvalue weighted by Crippen LogP contribution is -2.25. The van der Waals surface area contributed by atoms with Crippen LogP contribution in [0.1, 0.15) is 126 Å². The molecule has 9 aromatic carbocycles. The van der Waals surface area contributed by atoms with Crippen molar-refractivity contribution in [3.63, 3.8) is 0 Å². The van der Waals surface area contributed by atoms with E-state index in [1.165, 1.54) is 201 Å². The van der Waals surface area contributed by atoms with Gasteiger partial charge in [0, 0.05) is 50.7 Å². The van der Waals surface area contributed by atoms with E-state index in [0.717, 1.165) is 16.6 Å². The summed E-state index contributed by atoms with van der Waals surface area (Å²) in [6.45, 7) is 9.10. The SMILES string of the molecule is CCCCCCCCC1(CCCCCCCC)c2cc(-c3ccc(-c4ccc(C)cc4)cc3)ccc2-c2ccc(-c3cc(C)cc(-n4c5ccccc5c5cc(-c6ccc7c(c6)c6cnccc6n7-c6ccccc6)ccc54)c3)cc21. The summed E-state index contributed by atoms with van der Waals surface area (Å²) in [5.41, 5.74) is 25.6. The number of unbranched alkanes of at least 4 members (excludes halogenated alkanes) is 10. The van der Waals surface area contributed by atoms with E-state index in [1.54, 1.807) is 5.56 Å². The van der Waals surface area contributed by atoms with E-state index in [-0.39, 0.29) is 5.41 Å². The molecule has 1 aliphatic rings. The van der Waals surface area contributed by atoms with Crippen LogP contribution in [0.5, 0.6) is 0 Å². The molecule has 0 saturated carbocycles. The van der Waals surface area contributed by atoms with Gasteiger partial charge in [-0.2, -0.15) is 0 Å². The molecule has 3 nitrogen and oxygen atoms in total. The molecule has 402 valence electrons. The van der Waals surface area contributed by atoms with E-state index >= 15 is 0 Å². The summed E-state index contributed by atoms with van der Waals surface area (Å²) in [6, 6.07) is 76.3. The molecule has 0 unspecified atom stereocenters. The maximum atomic E-state index is 4.59. The molecule has 0 aliphatic heterocycles. The fraction of sp³-hybridized carbons (Fsp3) is 0.244. The van der Waals surface area contributed by atoms with E-state index in [0.29, 0.717) is 0 Å². The second kappa shape index (κ2) is 22.7. The zero-order valence-corrected chi connectivity index (χ0v) is 47.9. The van der Waals surface area contributed by atoms with Gasteiger partial charge in [-0.25, -0.2) is 0 Å². The molecule has 3 aromatic heterocycles. The highest BCUT2D eigenvalue weighted by Crippen LogP contribution is 2.56. The summed E-state index contributed by atoms with van der Waals surface area (Å²) in [6.07, 6.45) is 21.9. The third kappa shape index (κ3) is 9.90. The topological polar surface area (TPSA) is 22.8 Å². The molecular formula is C78H75N3. The van der Waals surface area contributed by atoms with E-state index < -0.39 is 0 Å². The second-order valence-electron chi connectivity index (χ2n) is 23.5. The van der Waals surface area contributed by atoms with Gasteiger partial charge in [-0.3, -0.25) is 4.98 Å². The highest BCUT2D eigenvalue weighted by atomic mass is 15.0. The van der Waals surface area contributed by atoms with Crippen LogP contribution >= 0.6 is 0 Å². The Labute approximate surface area is 480 Å². The molecule has 0 fully saturated rings. The number of aryl methyl sites for hydroxylation is 2. The highest BCUT2D eigenvalue weighted by molar-refractivity contribution is 6.12. The Hall–Kier alpha value is -8.27. The lowest BCUT2D eigenvalue weighted by atomic mass is 9.70. The van der Waals surface area contributed by atoms with E-state index in [2.05, 4.69) is 242 Å². The number of rotatable bonds is 20. The number of benzene rings is 9. The molecule has 0 amide bonds. The lowest BCUT2D eigenvalue weighted by Gasteiger charge is -2.33. The third-order valence-electron chi connectivity index (χ3n) is 18.1. The van der Waals surface area contributed by atoms with Gasteiger partial charge in [-0.1, -0.05) is 224 Å². The van der Waals surface area contributed by atoms with Gasteiger partial charge in [0.2, 0.25) is 0 Å². The van der Waals surface area contributed by atoms with Crippen LogP contribution in [-0.2, 0) is 5.41 Å². The quantitative estimate of drug-likeness (QED) is 0.0698. The van der Waals surface area contributed by atoms with Crippen molar-refractivity contribution in [3.8, 4) is 67.0 Å². The Kier molecular flexibility index (Phi) is 14.6. The Morgan fingerprint density at radius 2 is 0.802 bits per heavy atom. The summed E-state index contributed by atoms with van der Waals surface area (Å²) in [7, 11) is 0. The largest absolute Gasteiger partial charge is 0.309 e. The predicted octanol–water partition coefficient (Wildman–Crippen LogP) is 22.3. The number of nitrogens with zero attached hydrogens (tertiary/aromatic N) is 3. The Morgan fingerprint density at radius 1 is 0.333 bits per heavy atom.